The largest absolute Gasteiger partial charge is 0.504 e. The minimum atomic E-state index is 0.0154. The number of nitrogens with one attached hydrogen (secondary N) is 1. The summed E-state index contributed by atoms with van der Waals surface area (Å²) < 4.78 is 0. The summed E-state index contributed by atoms with van der Waals surface area (Å²) in [6, 6.07) is 4.55. The van der Waals surface area contributed by atoms with Gasteiger partial charge in [0, 0.05) is 25.2 Å². The quantitative estimate of drug-likeness (QED) is 0.631. The van der Waals surface area contributed by atoms with Crippen molar-refractivity contribution in [1.29, 1.82) is 0 Å². The Morgan fingerprint density at radius 1 is 1.20 bits per heavy atom. The molecule has 1 aromatic rings. The van der Waals surface area contributed by atoms with Crippen LogP contribution in [0, 0.1) is 5.92 Å². The molecule has 4 nitrogen and oxygen atoms in total. The molecule has 3 heterocycles. The van der Waals surface area contributed by atoms with Gasteiger partial charge >= 0.3 is 0 Å². The maximum Gasteiger partial charge on any atom is 0.157 e. The molecular weight excluding hydrogens is 252 g/mol. The van der Waals surface area contributed by atoms with E-state index in [4.69, 9.17) is 0 Å². The minimum absolute atomic E-state index is 0.0154. The van der Waals surface area contributed by atoms with E-state index in [0.29, 0.717) is 12.1 Å². The van der Waals surface area contributed by atoms with Crippen molar-refractivity contribution in [1.82, 2.24) is 10.2 Å². The van der Waals surface area contributed by atoms with E-state index in [2.05, 4.69) is 10.2 Å². The van der Waals surface area contributed by atoms with Gasteiger partial charge in [-0.1, -0.05) is 0 Å². The average molecular weight is 274 g/mol. The van der Waals surface area contributed by atoms with Gasteiger partial charge in [0.05, 0.1) is 0 Å². The van der Waals surface area contributed by atoms with Crippen LogP contribution in [0.1, 0.15) is 36.4 Å². The molecule has 0 bridgehead atoms. The van der Waals surface area contributed by atoms with Crippen LogP contribution in [-0.4, -0.2) is 40.8 Å². The fourth-order valence-corrected chi connectivity index (χ4v) is 4.33. The molecule has 0 saturated carbocycles. The van der Waals surface area contributed by atoms with Crippen LogP contribution in [0.3, 0.4) is 0 Å². The Bertz CT molecular complexity index is 531. The van der Waals surface area contributed by atoms with Gasteiger partial charge in [0.25, 0.3) is 0 Å². The first-order chi connectivity index (χ1) is 9.72. The molecule has 4 heteroatoms. The fourth-order valence-electron chi connectivity index (χ4n) is 4.33. The van der Waals surface area contributed by atoms with Gasteiger partial charge in [0.2, 0.25) is 0 Å². The molecule has 3 aliphatic rings. The summed E-state index contributed by atoms with van der Waals surface area (Å²) in [6.07, 6.45) is 4.74. The number of rotatable bonds is 0. The Morgan fingerprint density at radius 3 is 2.95 bits per heavy atom. The normalized spacial score (nSPS) is 33.1. The zero-order valence-corrected chi connectivity index (χ0v) is 11.7. The van der Waals surface area contributed by atoms with Crippen LogP contribution in [0.25, 0.3) is 0 Å². The highest BCUT2D eigenvalue weighted by Gasteiger charge is 2.39. The van der Waals surface area contributed by atoms with Crippen molar-refractivity contribution in [2.75, 3.05) is 19.6 Å². The van der Waals surface area contributed by atoms with Crippen LogP contribution in [0.5, 0.6) is 11.5 Å². The van der Waals surface area contributed by atoms with Gasteiger partial charge in [0.15, 0.2) is 11.5 Å². The molecule has 3 atom stereocenters. The van der Waals surface area contributed by atoms with Crippen molar-refractivity contribution < 1.29 is 10.2 Å². The SMILES string of the molecule is Oc1cc2c(cc1O)[C@H]1C[C@H]3NCCC[C@H]3CN1CC2. The molecule has 0 spiro atoms. The molecule has 0 amide bonds. The number of phenolic OH excluding ortho intramolecular Hbond substituents is 2. The average Bonchev–Trinajstić information content (AvgIpc) is 2.47. The number of fused-ring (bicyclic) bond motifs is 4. The first-order valence-electron chi connectivity index (χ1n) is 7.74. The van der Waals surface area contributed by atoms with E-state index < -0.39 is 0 Å². The lowest BCUT2D eigenvalue weighted by atomic mass is 9.77. The van der Waals surface area contributed by atoms with E-state index in [1.807, 2.05) is 0 Å². The zero-order chi connectivity index (χ0) is 13.7. The molecule has 2 saturated heterocycles. The Labute approximate surface area is 119 Å². The van der Waals surface area contributed by atoms with Crippen LogP contribution in [0.4, 0.5) is 0 Å². The van der Waals surface area contributed by atoms with E-state index in [1.54, 1.807) is 12.1 Å². The maximum absolute atomic E-state index is 9.81. The lowest BCUT2D eigenvalue weighted by molar-refractivity contribution is 0.0550. The molecule has 2 fully saturated rings. The molecule has 0 radical (unpaired) electrons. The Hall–Kier alpha value is -1.26. The molecule has 4 rings (SSSR count). The van der Waals surface area contributed by atoms with Crippen LogP contribution in [-0.2, 0) is 6.42 Å². The predicted molar refractivity (Wildman–Crippen MR) is 76.9 cm³/mol. The first kappa shape index (κ1) is 12.5. The monoisotopic (exact) mass is 274 g/mol. The summed E-state index contributed by atoms with van der Waals surface area (Å²) in [4.78, 5) is 2.58. The van der Waals surface area contributed by atoms with E-state index in [-0.39, 0.29) is 11.5 Å². The molecule has 0 aromatic heterocycles. The molecule has 0 unspecified atom stereocenters. The van der Waals surface area contributed by atoms with Crippen molar-refractivity contribution in [3.8, 4) is 11.5 Å². The highest BCUT2D eigenvalue weighted by Crippen LogP contribution is 2.43. The molecule has 0 aliphatic carbocycles. The van der Waals surface area contributed by atoms with Crippen molar-refractivity contribution in [2.45, 2.75) is 37.8 Å². The number of benzene rings is 1. The summed E-state index contributed by atoms with van der Waals surface area (Å²) in [6.45, 7) is 3.39. The molecule has 108 valence electrons. The number of piperidine rings is 2. The third-order valence-electron chi connectivity index (χ3n) is 5.38. The number of hydrogen-bond donors (Lipinski definition) is 3. The zero-order valence-electron chi connectivity index (χ0n) is 11.7. The van der Waals surface area contributed by atoms with Gasteiger partial charge in [-0.15, -0.1) is 0 Å². The number of hydrogen-bond acceptors (Lipinski definition) is 4. The summed E-state index contributed by atoms with van der Waals surface area (Å²) in [7, 11) is 0. The third-order valence-corrected chi connectivity index (χ3v) is 5.38. The Kier molecular flexibility index (Phi) is 2.89. The minimum Gasteiger partial charge on any atom is -0.504 e. The highest BCUT2D eigenvalue weighted by molar-refractivity contribution is 5.48. The Balaban J connectivity index is 1.67. The van der Waals surface area contributed by atoms with Gasteiger partial charge in [0.1, 0.15) is 0 Å². The maximum atomic E-state index is 9.81. The van der Waals surface area contributed by atoms with Gasteiger partial charge in [-0.05, 0) is 61.4 Å². The van der Waals surface area contributed by atoms with Gasteiger partial charge in [-0.25, -0.2) is 0 Å². The number of phenols is 2. The van der Waals surface area contributed by atoms with Crippen molar-refractivity contribution >= 4 is 0 Å². The fraction of sp³-hybridized carbons (Fsp3) is 0.625. The molecule has 20 heavy (non-hydrogen) atoms. The van der Waals surface area contributed by atoms with Gasteiger partial charge in [-0.2, -0.15) is 0 Å². The summed E-state index contributed by atoms with van der Waals surface area (Å²) in [5.41, 5.74) is 2.42. The topological polar surface area (TPSA) is 55.7 Å². The van der Waals surface area contributed by atoms with Crippen molar-refractivity contribution in [2.24, 2.45) is 5.92 Å². The third kappa shape index (κ3) is 1.90. The molecule has 1 aromatic carbocycles. The van der Waals surface area contributed by atoms with E-state index >= 15 is 0 Å². The van der Waals surface area contributed by atoms with Crippen molar-refractivity contribution in [3.05, 3.63) is 23.3 Å². The lowest BCUT2D eigenvalue weighted by Gasteiger charge is -2.49. The van der Waals surface area contributed by atoms with Crippen LogP contribution in [0.2, 0.25) is 0 Å². The molecule has 3 N–H and O–H groups in total. The number of nitrogens with zero attached hydrogens (tertiary/aromatic N) is 1. The standard InChI is InChI=1S/C16H22N2O2/c19-15-6-10-3-5-18-9-11-2-1-4-17-13(11)8-14(18)12(10)7-16(15)20/h6-7,11,13-14,17,19-20H,1-5,8-9H2/t11-,13+,14+/m0/s1. The van der Waals surface area contributed by atoms with Crippen molar-refractivity contribution in [3.63, 3.8) is 0 Å². The first-order valence-corrected chi connectivity index (χ1v) is 7.74. The van der Waals surface area contributed by atoms with Gasteiger partial charge in [-0.3, -0.25) is 4.90 Å². The summed E-state index contributed by atoms with van der Waals surface area (Å²) in [5, 5.41) is 23.2. The van der Waals surface area contributed by atoms with Crippen LogP contribution >= 0.6 is 0 Å². The number of aromatic hydroxyl groups is 2. The highest BCUT2D eigenvalue weighted by atomic mass is 16.3. The van der Waals surface area contributed by atoms with Gasteiger partial charge < -0.3 is 15.5 Å². The molecule has 3 aliphatic heterocycles. The predicted octanol–water partition coefficient (Wildman–Crippen LogP) is 1.77. The van der Waals surface area contributed by atoms with E-state index in [1.165, 1.54) is 30.5 Å². The second kappa shape index (κ2) is 4.64. The summed E-state index contributed by atoms with van der Waals surface area (Å²) >= 11 is 0. The second-order valence-electron chi connectivity index (χ2n) is 6.50. The summed E-state index contributed by atoms with van der Waals surface area (Å²) in [5.74, 6) is 0.818. The van der Waals surface area contributed by atoms with E-state index in [9.17, 15) is 10.2 Å². The van der Waals surface area contributed by atoms with E-state index in [0.717, 1.165) is 31.8 Å². The van der Waals surface area contributed by atoms with Crippen LogP contribution < -0.4 is 5.32 Å². The Morgan fingerprint density at radius 2 is 2.05 bits per heavy atom. The molecular formula is C16H22N2O2. The lowest BCUT2D eigenvalue weighted by Crippen LogP contribution is -2.54. The van der Waals surface area contributed by atoms with Crippen LogP contribution in [0.15, 0.2) is 12.1 Å². The smallest absolute Gasteiger partial charge is 0.157 e. The second-order valence-corrected chi connectivity index (χ2v) is 6.50.